The van der Waals surface area contributed by atoms with E-state index in [2.05, 4.69) is 10.4 Å². The maximum Gasteiger partial charge on any atom is 0.352 e. The SMILES string of the molecule is CC(C)n1c(=O)c2ccc(C(=O)NC3CCCC3)cc2n2c(=O)n(Cc3ccccc3F)nc12. The fraction of sp³-hybridized carbons (Fsp3) is 0.360. The highest BCUT2D eigenvalue weighted by Crippen LogP contribution is 2.20. The lowest BCUT2D eigenvalue weighted by Gasteiger charge is -2.14. The van der Waals surface area contributed by atoms with Gasteiger partial charge in [-0.2, -0.15) is 0 Å². The molecule has 0 aliphatic heterocycles. The molecule has 1 saturated carbocycles. The summed E-state index contributed by atoms with van der Waals surface area (Å²) in [6, 6.07) is 10.8. The molecule has 0 unspecified atom stereocenters. The van der Waals surface area contributed by atoms with Gasteiger partial charge in [0.05, 0.1) is 17.4 Å². The van der Waals surface area contributed by atoms with Gasteiger partial charge >= 0.3 is 5.69 Å². The van der Waals surface area contributed by atoms with Crippen molar-refractivity contribution in [3.63, 3.8) is 0 Å². The van der Waals surface area contributed by atoms with Gasteiger partial charge in [0.1, 0.15) is 5.82 Å². The van der Waals surface area contributed by atoms with Gasteiger partial charge in [0.2, 0.25) is 5.78 Å². The first-order valence-electron chi connectivity index (χ1n) is 11.6. The van der Waals surface area contributed by atoms with Crippen LogP contribution in [0.3, 0.4) is 0 Å². The summed E-state index contributed by atoms with van der Waals surface area (Å²) in [4.78, 5) is 39.6. The highest BCUT2D eigenvalue weighted by molar-refractivity contribution is 5.98. The minimum atomic E-state index is -0.508. The molecule has 0 saturated heterocycles. The van der Waals surface area contributed by atoms with Crippen LogP contribution in [-0.4, -0.2) is 30.7 Å². The van der Waals surface area contributed by atoms with Gasteiger partial charge in [-0.3, -0.25) is 14.2 Å². The predicted octanol–water partition coefficient (Wildman–Crippen LogP) is 3.25. The van der Waals surface area contributed by atoms with Crippen molar-refractivity contribution >= 4 is 22.6 Å². The molecule has 0 radical (unpaired) electrons. The molecule has 2 heterocycles. The number of hydrogen-bond acceptors (Lipinski definition) is 4. The van der Waals surface area contributed by atoms with E-state index in [-0.39, 0.29) is 35.9 Å². The molecule has 9 heteroatoms. The molecule has 1 amide bonds. The summed E-state index contributed by atoms with van der Waals surface area (Å²) in [6.07, 6.45) is 4.08. The third-order valence-corrected chi connectivity index (χ3v) is 6.47. The molecule has 176 valence electrons. The number of benzene rings is 2. The van der Waals surface area contributed by atoms with E-state index in [0.717, 1.165) is 30.4 Å². The van der Waals surface area contributed by atoms with Crippen molar-refractivity contribution in [3.05, 3.63) is 80.2 Å². The van der Waals surface area contributed by atoms with E-state index >= 15 is 0 Å². The second-order valence-electron chi connectivity index (χ2n) is 9.12. The zero-order valence-corrected chi connectivity index (χ0v) is 19.1. The van der Waals surface area contributed by atoms with Crippen LogP contribution in [0.4, 0.5) is 4.39 Å². The number of amides is 1. The second-order valence-corrected chi connectivity index (χ2v) is 9.12. The lowest BCUT2D eigenvalue weighted by Crippen LogP contribution is -2.33. The van der Waals surface area contributed by atoms with E-state index in [0.29, 0.717) is 22.0 Å². The second kappa shape index (κ2) is 8.55. The Morgan fingerprint density at radius 1 is 1.15 bits per heavy atom. The van der Waals surface area contributed by atoms with Crippen LogP contribution in [0.1, 0.15) is 61.5 Å². The number of rotatable bonds is 5. The van der Waals surface area contributed by atoms with Gasteiger partial charge < -0.3 is 5.32 Å². The molecule has 8 nitrogen and oxygen atoms in total. The average Bonchev–Trinajstić information content (AvgIpc) is 3.43. The number of fused-ring (bicyclic) bond motifs is 3. The van der Waals surface area contributed by atoms with Gasteiger partial charge in [-0.05, 0) is 51.0 Å². The van der Waals surface area contributed by atoms with Crippen LogP contribution in [0.5, 0.6) is 0 Å². The summed E-state index contributed by atoms with van der Waals surface area (Å²) in [7, 11) is 0. The number of nitrogens with one attached hydrogen (secondary N) is 1. The van der Waals surface area contributed by atoms with Crippen molar-refractivity contribution in [2.24, 2.45) is 0 Å². The highest BCUT2D eigenvalue weighted by Gasteiger charge is 2.22. The van der Waals surface area contributed by atoms with Gasteiger partial charge in [0.15, 0.2) is 0 Å². The lowest BCUT2D eigenvalue weighted by atomic mass is 10.1. The maximum atomic E-state index is 14.2. The van der Waals surface area contributed by atoms with Crippen LogP contribution >= 0.6 is 0 Å². The van der Waals surface area contributed by atoms with Crippen LogP contribution in [0.15, 0.2) is 52.1 Å². The summed E-state index contributed by atoms with van der Waals surface area (Å²) >= 11 is 0. The van der Waals surface area contributed by atoms with Gasteiger partial charge in [-0.15, -0.1) is 5.10 Å². The summed E-state index contributed by atoms with van der Waals surface area (Å²) in [5.74, 6) is -0.521. The molecule has 4 aromatic rings. The van der Waals surface area contributed by atoms with Gasteiger partial charge in [-0.25, -0.2) is 18.3 Å². The van der Waals surface area contributed by atoms with Gasteiger partial charge in [0, 0.05) is 23.2 Å². The lowest BCUT2D eigenvalue weighted by molar-refractivity contribution is 0.0938. The number of nitrogens with zero attached hydrogens (tertiary/aromatic N) is 4. The highest BCUT2D eigenvalue weighted by atomic mass is 19.1. The van der Waals surface area contributed by atoms with E-state index in [1.807, 2.05) is 13.8 Å². The molecule has 0 spiro atoms. The number of halogens is 1. The van der Waals surface area contributed by atoms with E-state index in [9.17, 15) is 18.8 Å². The van der Waals surface area contributed by atoms with Gasteiger partial charge in [-0.1, -0.05) is 31.0 Å². The van der Waals surface area contributed by atoms with E-state index in [4.69, 9.17) is 0 Å². The fourth-order valence-electron chi connectivity index (χ4n) is 4.72. The quantitative estimate of drug-likeness (QED) is 0.492. The first-order valence-corrected chi connectivity index (χ1v) is 11.6. The van der Waals surface area contributed by atoms with E-state index < -0.39 is 11.5 Å². The Hall–Kier alpha value is -3.75. The monoisotopic (exact) mass is 463 g/mol. The van der Waals surface area contributed by atoms with Crippen molar-refractivity contribution in [3.8, 4) is 0 Å². The molecule has 2 aromatic heterocycles. The molecule has 0 bridgehead atoms. The predicted molar refractivity (Wildman–Crippen MR) is 127 cm³/mol. The first kappa shape index (κ1) is 22.1. The third kappa shape index (κ3) is 3.70. The summed E-state index contributed by atoms with van der Waals surface area (Å²) in [6.45, 7) is 3.58. The maximum absolute atomic E-state index is 14.2. The van der Waals surface area contributed by atoms with Crippen LogP contribution in [-0.2, 0) is 6.54 Å². The standard InChI is InChI=1S/C25H26FN5O3/c1-15(2)30-23(33)19-12-11-16(22(32)27-18-8-4-5-9-18)13-21(19)31-24(30)28-29(25(31)34)14-17-7-3-6-10-20(17)26/h3,6-7,10-13,15,18H,4-5,8-9,14H2,1-2H3,(H,27,32). The number of aromatic nitrogens is 4. The van der Waals surface area contributed by atoms with Gasteiger partial charge in [0.25, 0.3) is 11.5 Å². The number of carbonyl (C=O) groups is 1. The molecular formula is C25H26FN5O3. The third-order valence-electron chi connectivity index (χ3n) is 6.47. The summed E-state index contributed by atoms with van der Waals surface area (Å²) in [5.41, 5.74) is 0.179. The fourth-order valence-corrected chi connectivity index (χ4v) is 4.72. The van der Waals surface area contributed by atoms with Crippen molar-refractivity contribution in [2.45, 2.75) is 58.2 Å². The van der Waals surface area contributed by atoms with Crippen molar-refractivity contribution < 1.29 is 9.18 Å². The molecular weight excluding hydrogens is 437 g/mol. The molecule has 1 aliphatic rings. The summed E-state index contributed by atoms with van der Waals surface area (Å²) < 4.78 is 18.2. The zero-order chi connectivity index (χ0) is 24.0. The zero-order valence-electron chi connectivity index (χ0n) is 19.1. The Kier molecular flexibility index (Phi) is 5.55. The van der Waals surface area contributed by atoms with Crippen LogP contribution < -0.4 is 16.6 Å². The van der Waals surface area contributed by atoms with E-state index in [1.54, 1.807) is 36.4 Å². The topological polar surface area (TPSA) is 90.4 Å². The summed E-state index contributed by atoms with van der Waals surface area (Å²) in [5, 5.41) is 7.75. The molecule has 5 rings (SSSR count). The Morgan fingerprint density at radius 2 is 1.88 bits per heavy atom. The molecule has 34 heavy (non-hydrogen) atoms. The molecule has 1 aliphatic carbocycles. The molecule has 2 aromatic carbocycles. The van der Waals surface area contributed by atoms with E-state index in [1.165, 1.54) is 15.0 Å². The van der Waals surface area contributed by atoms with Crippen LogP contribution in [0, 0.1) is 5.82 Å². The van der Waals surface area contributed by atoms with Crippen LogP contribution in [0.25, 0.3) is 16.7 Å². The minimum absolute atomic E-state index is 0.0805. The van der Waals surface area contributed by atoms with Crippen molar-refractivity contribution in [1.82, 2.24) is 24.1 Å². The molecule has 0 atom stereocenters. The largest absolute Gasteiger partial charge is 0.352 e. The number of carbonyl (C=O) groups excluding carboxylic acids is 1. The number of hydrogen-bond donors (Lipinski definition) is 1. The normalized spacial score (nSPS) is 14.5. The average molecular weight is 464 g/mol. The van der Waals surface area contributed by atoms with Crippen molar-refractivity contribution in [1.29, 1.82) is 0 Å². The Balaban J connectivity index is 1.70. The first-order chi connectivity index (χ1) is 16.3. The van der Waals surface area contributed by atoms with Crippen molar-refractivity contribution in [2.75, 3.05) is 0 Å². The minimum Gasteiger partial charge on any atom is -0.349 e. The molecule has 1 N–H and O–H groups in total. The Labute approximate surface area is 194 Å². The van der Waals surface area contributed by atoms with Crippen LogP contribution in [0.2, 0.25) is 0 Å². The molecule has 1 fully saturated rings. The Bertz CT molecular complexity index is 1530. The Morgan fingerprint density at radius 3 is 2.59 bits per heavy atom. The smallest absolute Gasteiger partial charge is 0.349 e.